The second-order valence-corrected chi connectivity index (χ2v) is 4.74. The molecule has 0 saturated carbocycles. The zero-order chi connectivity index (χ0) is 14.7. The number of H-pyrrole nitrogens is 1. The maximum Gasteiger partial charge on any atom is 0.335 e. The maximum atomic E-state index is 12.1. The molecule has 2 aromatic rings. The first-order valence-electron chi connectivity index (χ1n) is 6.55. The Hall–Kier alpha value is -2.08. The van der Waals surface area contributed by atoms with Gasteiger partial charge in [0.05, 0.1) is 29.2 Å². The molecule has 2 rings (SSSR count). The lowest BCUT2D eigenvalue weighted by molar-refractivity contribution is 0.0697. The van der Waals surface area contributed by atoms with Crippen LogP contribution in [-0.4, -0.2) is 34.3 Å². The van der Waals surface area contributed by atoms with E-state index in [1.54, 1.807) is 17.7 Å². The monoisotopic (exact) mass is 278 g/mol. The molecule has 6 nitrogen and oxygen atoms in total. The average Bonchev–Trinajstić information content (AvgIpc) is 2.73. The smallest absolute Gasteiger partial charge is 0.335 e. The number of carboxylic acids is 1. The molecule has 6 heteroatoms. The van der Waals surface area contributed by atoms with E-state index in [1.807, 2.05) is 6.92 Å². The largest absolute Gasteiger partial charge is 0.478 e. The van der Waals surface area contributed by atoms with Crippen molar-refractivity contribution < 1.29 is 14.6 Å². The van der Waals surface area contributed by atoms with Crippen molar-refractivity contribution in [2.45, 2.75) is 25.8 Å². The van der Waals surface area contributed by atoms with Crippen LogP contribution in [0.3, 0.4) is 0 Å². The number of ether oxygens (including phenoxy) is 1. The number of aromatic carboxylic acids is 1. The molecule has 20 heavy (non-hydrogen) atoms. The maximum absolute atomic E-state index is 12.1. The Morgan fingerprint density at radius 3 is 2.85 bits per heavy atom. The van der Waals surface area contributed by atoms with Gasteiger partial charge < -0.3 is 14.8 Å². The lowest BCUT2D eigenvalue weighted by atomic mass is 10.1. The molecule has 1 heterocycles. The highest BCUT2D eigenvalue weighted by molar-refractivity contribution is 5.92. The summed E-state index contributed by atoms with van der Waals surface area (Å²) in [6, 6.07) is 4.59. The van der Waals surface area contributed by atoms with Crippen molar-refractivity contribution in [3.8, 4) is 0 Å². The van der Waals surface area contributed by atoms with E-state index >= 15 is 0 Å². The number of aromatic amines is 1. The minimum Gasteiger partial charge on any atom is -0.478 e. The van der Waals surface area contributed by atoms with Gasteiger partial charge in [0.2, 0.25) is 0 Å². The van der Waals surface area contributed by atoms with Crippen molar-refractivity contribution in [1.29, 1.82) is 0 Å². The van der Waals surface area contributed by atoms with E-state index in [1.165, 1.54) is 12.1 Å². The van der Waals surface area contributed by atoms with Crippen molar-refractivity contribution >= 4 is 17.0 Å². The summed E-state index contributed by atoms with van der Waals surface area (Å²) < 4.78 is 6.83. The molecule has 1 aromatic heterocycles. The molecule has 0 radical (unpaired) electrons. The number of benzene rings is 1. The highest BCUT2D eigenvalue weighted by atomic mass is 16.5. The van der Waals surface area contributed by atoms with Crippen molar-refractivity contribution in [1.82, 2.24) is 9.55 Å². The van der Waals surface area contributed by atoms with E-state index < -0.39 is 5.97 Å². The summed E-state index contributed by atoms with van der Waals surface area (Å²) >= 11 is 0. The van der Waals surface area contributed by atoms with Gasteiger partial charge in [0, 0.05) is 7.11 Å². The van der Waals surface area contributed by atoms with E-state index in [9.17, 15) is 9.59 Å². The van der Waals surface area contributed by atoms with E-state index in [-0.39, 0.29) is 17.3 Å². The second-order valence-electron chi connectivity index (χ2n) is 4.74. The van der Waals surface area contributed by atoms with Crippen LogP contribution in [-0.2, 0) is 4.74 Å². The third kappa shape index (κ3) is 2.60. The van der Waals surface area contributed by atoms with E-state index in [0.29, 0.717) is 17.6 Å². The molecule has 0 bridgehead atoms. The number of hydrogen-bond acceptors (Lipinski definition) is 3. The molecule has 0 fully saturated rings. The van der Waals surface area contributed by atoms with E-state index in [2.05, 4.69) is 4.98 Å². The number of fused-ring (bicyclic) bond motifs is 1. The molecule has 0 aliphatic rings. The van der Waals surface area contributed by atoms with Crippen LogP contribution < -0.4 is 5.69 Å². The molecule has 0 saturated heterocycles. The molecular weight excluding hydrogens is 260 g/mol. The summed E-state index contributed by atoms with van der Waals surface area (Å²) in [7, 11) is 1.60. The summed E-state index contributed by atoms with van der Waals surface area (Å²) in [5.41, 5.74) is 1.16. The van der Waals surface area contributed by atoms with Crippen LogP contribution in [0.5, 0.6) is 0 Å². The van der Waals surface area contributed by atoms with Crippen molar-refractivity contribution in [2.24, 2.45) is 0 Å². The van der Waals surface area contributed by atoms with Gasteiger partial charge in [-0.3, -0.25) is 4.57 Å². The van der Waals surface area contributed by atoms with Gasteiger partial charge in [0.15, 0.2) is 0 Å². The number of rotatable bonds is 6. The van der Waals surface area contributed by atoms with Crippen molar-refractivity contribution in [2.75, 3.05) is 13.7 Å². The summed E-state index contributed by atoms with van der Waals surface area (Å²) in [6.07, 6.45) is 1.75. The number of nitrogens with one attached hydrogen (secondary N) is 1. The molecule has 108 valence electrons. The van der Waals surface area contributed by atoms with Gasteiger partial charge >= 0.3 is 11.7 Å². The van der Waals surface area contributed by atoms with Gasteiger partial charge in [-0.2, -0.15) is 0 Å². The van der Waals surface area contributed by atoms with Crippen molar-refractivity contribution in [3.63, 3.8) is 0 Å². The first-order chi connectivity index (χ1) is 9.58. The average molecular weight is 278 g/mol. The standard InChI is InChI=1S/C14H18N2O4/c1-3-4-10(8-20-2)16-12-6-5-9(13(17)18)7-11(12)15-14(16)19/h5-7,10H,3-4,8H2,1-2H3,(H,15,19)(H,17,18). The van der Waals surface area contributed by atoms with Crippen LogP contribution in [0.1, 0.15) is 36.2 Å². The topological polar surface area (TPSA) is 84.3 Å². The molecule has 0 aliphatic heterocycles. The van der Waals surface area contributed by atoms with Crippen LogP contribution in [0.15, 0.2) is 23.0 Å². The highest BCUT2D eigenvalue weighted by Crippen LogP contribution is 2.20. The third-order valence-electron chi connectivity index (χ3n) is 3.31. The zero-order valence-electron chi connectivity index (χ0n) is 11.5. The Morgan fingerprint density at radius 2 is 2.25 bits per heavy atom. The van der Waals surface area contributed by atoms with E-state index in [0.717, 1.165) is 12.8 Å². The van der Waals surface area contributed by atoms with Crippen LogP contribution in [0, 0.1) is 0 Å². The predicted octanol–water partition coefficient (Wildman–Crippen LogP) is 2.02. The lowest BCUT2D eigenvalue weighted by Crippen LogP contribution is -2.25. The number of aromatic nitrogens is 2. The van der Waals surface area contributed by atoms with Crippen LogP contribution in [0.4, 0.5) is 0 Å². The predicted molar refractivity (Wildman–Crippen MR) is 75.3 cm³/mol. The van der Waals surface area contributed by atoms with Crippen LogP contribution in [0.25, 0.3) is 11.0 Å². The molecule has 0 spiro atoms. The Morgan fingerprint density at radius 1 is 1.50 bits per heavy atom. The number of carbonyl (C=O) groups is 1. The van der Waals surface area contributed by atoms with Gasteiger partial charge in [-0.15, -0.1) is 0 Å². The number of carboxylic acid groups (broad SMARTS) is 1. The normalized spacial score (nSPS) is 12.7. The van der Waals surface area contributed by atoms with Gasteiger partial charge in [-0.1, -0.05) is 13.3 Å². The van der Waals surface area contributed by atoms with Gasteiger partial charge in [-0.05, 0) is 24.6 Å². The van der Waals surface area contributed by atoms with Crippen molar-refractivity contribution in [3.05, 3.63) is 34.2 Å². The molecule has 0 aliphatic carbocycles. The fourth-order valence-corrected chi connectivity index (χ4v) is 2.44. The number of hydrogen-bond donors (Lipinski definition) is 2. The summed E-state index contributed by atoms with van der Waals surface area (Å²) in [4.78, 5) is 25.8. The summed E-state index contributed by atoms with van der Waals surface area (Å²) in [6.45, 7) is 2.49. The Labute approximate surface area is 116 Å². The second kappa shape index (κ2) is 5.92. The number of methoxy groups -OCH3 is 1. The molecule has 0 amide bonds. The fourth-order valence-electron chi connectivity index (χ4n) is 2.44. The quantitative estimate of drug-likeness (QED) is 0.846. The highest BCUT2D eigenvalue weighted by Gasteiger charge is 2.17. The minimum absolute atomic E-state index is 0.0538. The van der Waals surface area contributed by atoms with Crippen LogP contribution in [0.2, 0.25) is 0 Å². The summed E-state index contributed by atoms with van der Waals surface area (Å²) in [5, 5.41) is 8.98. The molecule has 2 N–H and O–H groups in total. The first kappa shape index (κ1) is 14.3. The van der Waals surface area contributed by atoms with Gasteiger partial charge in [0.25, 0.3) is 0 Å². The molecule has 1 aromatic carbocycles. The Balaban J connectivity index is 2.55. The first-order valence-corrected chi connectivity index (χ1v) is 6.55. The lowest BCUT2D eigenvalue weighted by Gasteiger charge is -2.17. The van der Waals surface area contributed by atoms with Gasteiger partial charge in [0.1, 0.15) is 0 Å². The Bertz CT molecular complexity index is 665. The van der Waals surface area contributed by atoms with E-state index in [4.69, 9.17) is 9.84 Å². The molecule has 1 atom stereocenters. The SMILES string of the molecule is CCCC(COC)n1c(=O)[nH]c2cc(C(=O)O)ccc21. The van der Waals surface area contributed by atoms with Gasteiger partial charge in [-0.25, -0.2) is 9.59 Å². The van der Waals surface area contributed by atoms with Crippen LogP contribution >= 0.6 is 0 Å². The zero-order valence-corrected chi connectivity index (χ0v) is 11.5. The Kier molecular flexibility index (Phi) is 4.24. The fraction of sp³-hybridized carbons (Fsp3) is 0.429. The molecule has 1 unspecified atom stereocenters. The molecular formula is C14H18N2O4. The number of nitrogens with zero attached hydrogens (tertiary/aromatic N) is 1. The summed E-state index contributed by atoms with van der Waals surface area (Å²) in [5.74, 6) is -1.01. The number of imidazole rings is 1. The third-order valence-corrected chi connectivity index (χ3v) is 3.31. The minimum atomic E-state index is -1.01.